The van der Waals surface area contributed by atoms with Gasteiger partial charge in [-0.25, -0.2) is 0 Å². The van der Waals surface area contributed by atoms with Gasteiger partial charge in [-0.05, 0) is 145 Å². The van der Waals surface area contributed by atoms with Gasteiger partial charge in [-0.3, -0.25) is 38.9 Å². The molecule has 9 aromatic rings. The largest absolute Gasteiger partial charge is 0.271 e. The molecule has 0 radical (unpaired) electrons. The number of benzene rings is 7. The van der Waals surface area contributed by atoms with Gasteiger partial charge < -0.3 is 0 Å². The average Bonchev–Trinajstić information content (AvgIpc) is 3.34. The minimum atomic E-state index is -0.316. The van der Waals surface area contributed by atoms with Crippen molar-refractivity contribution in [3.63, 3.8) is 0 Å². The molecular formula is C60H52N4O4. The molecule has 4 heterocycles. The summed E-state index contributed by atoms with van der Waals surface area (Å²) < 4.78 is 0. The second-order valence-corrected chi connectivity index (χ2v) is 20.1. The fraction of sp³-hybridized carbons (Fsp3) is 0.233. The zero-order chi connectivity index (χ0) is 47.4. The van der Waals surface area contributed by atoms with Crippen molar-refractivity contribution in [3.8, 4) is 44.8 Å². The Morgan fingerprint density at radius 1 is 0.338 bits per heavy atom. The monoisotopic (exact) mass is 892 g/mol. The molecule has 7 aromatic carbocycles. The van der Waals surface area contributed by atoms with E-state index in [1.807, 2.05) is 78.9 Å². The molecule has 2 aliphatic heterocycles. The van der Waals surface area contributed by atoms with Gasteiger partial charge in [-0.2, -0.15) is 0 Å². The predicted octanol–water partition coefficient (Wildman–Crippen LogP) is 13.7. The van der Waals surface area contributed by atoms with Crippen LogP contribution < -0.4 is 0 Å². The molecule has 336 valence electrons. The summed E-state index contributed by atoms with van der Waals surface area (Å²) in [5, 5.41) is 6.34. The number of hydrogen-bond acceptors (Lipinski definition) is 6. The lowest BCUT2D eigenvalue weighted by Crippen LogP contribution is -2.51. The Bertz CT molecular complexity index is 3460. The molecule has 11 rings (SSSR count). The SMILES string of the molecule is CC(C)C(C(C)C)N1C(=O)c2ccc3c4ccc5c6c(cc(-c7ccc(-c8cc(-c9ccccn9)cc(-c9ccccn9)c8)cc7)c(c7ccc(c2c37)C1=O)c64)C(=O)N(C(C(C)C)C(C)C)C5=O. The van der Waals surface area contributed by atoms with Gasteiger partial charge in [0.1, 0.15) is 0 Å². The summed E-state index contributed by atoms with van der Waals surface area (Å²) in [6.45, 7) is 16.5. The van der Waals surface area contributed by atoms with E-state index in [4.69, 9.17) is 0 Å². The standard InChI is InChI=1S/C60H52N4O4/c1-31(2)55(32(3)4)63-57(65)43-22-19-40-41-20-23-45-53-47(60(68)64(59(45)67)56(33(5)6)34(7)8)30-46(51(54(41)53)42-21-24-44(58(63)66)52(43)50(40)42)36-17-15-35(16-18-36)37-27-38(48-13-9-11-25-61-48)29-39(28-37)49-14-10-12-26-62-49/h9-34,55-56H,1-8H3. The minimum Gasteiger partial charge on any atom is -0.271 e. The zero-order valence-corrected chi connectivity index (χ0v) is 39.6. The average molecular weight is 893 g/mol. The second kappa shape index (κ2) is 16.0. The van der Waals surface area contributed by atoms with Crippen LogP contribution >= 0.6 is 0 Å². The Kier molecular flexibility index (Phi) is 10.2. The molecule has 8 nitrogen and oxygen atoms in total. The van der Waals surface area contributed by atoms with E-state index in [9.17, 15) is 14.4 Å². The van der Waals surface area contributed by atoms with E-state index in [1.54, 1.807) is 12.4 Å². The Morgan fingerprint density at radius 2 is 0.750 bits per heavy atom. The molecule has 8 heteroatoms. The van der Waals surface area contributed by atoms with Gasteiger partial charge in [-0.15, -0.1) is 0 Å². The Balaban J connectivity index is 1.17. The van der Waals surface area contributed by atoms with Crippen LogP contribution in [0.1, 0.15) is 96.8 Å². The fourth-order valence-electron chi connectivity index (χ4n) is 11.9. The Hall–Kier alpha value is -7.58. The van der Waals surface area contributed by atoms with Crippen LogP contribution in [-0.2, 0) is 0 Å². The summed E-state index contributed by atoms with van der Waals surface area (Å²) in [5.74, 6) is -0.992. The molecule has 0 N–H and O–H groups in total. The van der Waals surface area contributed by atoms with E-state index >= 15 is 4.79 Å². The maximum absolute atomic E-state index is 15.2. The second-order valence-electron chi connectivity index (χ2n) is 20.1. The Labute approximate surface area is 396 Å². The smallest absolute Gasteiger partial charge is 0.261 e. The van der Waals surface area contributed by atoms with Gasteiger partial charge in [0.25, 0.3) is 23.6 Å². The number of nitrogens with zero attached hydrogens (tertiary/aromatic N) is 4. The van der Waals surface area contributed by atoms with Crippen LogP contribution in [0.3, 0.4) is 0 Å². The van der Waals surface area contributed by atoms with E-state index in [0.717, 1.165) is 77.1 Å². The summed E-state index contributed by atoms with van der Waals surface area (Å²) in [6.07, 6.45) is 3.60. The molecular weight excluding hydrogens is 841 g/mol. The van der Waals surface area contributed by atoms with E-state index in [1.165, 1.54) is 9.80 Å². The van der Waals surface area contributed by atoms with E-state index < -0.39 is 0 Å². The quantitative estimate of drug-likeness (QED) is 0.0770. The normalized spacial score (nSPS) is 14.1. The third-order valence-electron chi connectivity index (χ3n) is 14.5. The lowest BCUT2D eigenvalue weighted by atomic mass is 9.78. The number of hydrogen-bond donors (Lipinski definition) is 0. The molecule has 0 unspecified atom stereocenters. The van der Waals surface area contributed by atoms with Gasteiger partial charge in [0, 0.05) is 68.6 Å². The molecule has 0 bridgehead atoms. The van der Waals surface area contributed by atoms with Crippen LogP contribution in [-0.4, -0.2) is 55.5 Å². The van der Waals surface area contributed by atoms with Gasteiger partial charge >= 0.3 is 0 Å². The van der Waals surface area contributed by atoms with Gasteiger partial charge in [-0.1, -0.05) is 110 Å². The summed E-state index contributed by atoms with van der Waals surface area (Å²) in [7, 11) is 0. The zero-order valence-electron chi connectivity index (χ0n) is 39.6. The first kappa shape index (κ1) is 43.0. The fourth-order valence-corrected chi connectivity index (χ4v) is 11.9. The van der Waals surface area contributed by atoms with Gasteiger partial charge in [0.05, 0.1) is 11.4 Å². The van der Waals surface area contributed by atoms with Crippen LogP contribution in [0.4, 0.5) is 0 Å². The maximum Gasteiger partial charge on any atom is 0.261 e. The first-order valence-corrected chi connectivity index (χ1v) is 23.8. The van der Waals surface area contributed by atoms with Crippen LogP contribution in [0, 0.1) is 23.7 Å². The minimum absolute atomic E-state index is 0.0304. The summed E-state index contributed by atoms with van der Waals surface area (Å²) in [5.41, 5.74) is 9.30. The first-order chi connectivity index (χ1) is 32.7. The van der Waals surface area contributed by atoms with Crippen LogP contribution in [0.25, 0.3) is 87.9 Å². The molecule has 0 fully saturated rings. The highest BCUT2D eigenvalue weighted by molar-refractivity contribution is 6.43. The summed E-state index contributed by atoms with van der Waals surface area (Å²) in [4.78, 5) is 71.6. The van der Waals surface area contributed by atoms with Crippen molar-refractivity contribution < 1.29 is 19.2 Å². The molecule has 4 amide bonds. The first-order valence-electron chi connectivity index (χ1n) is 23.8. The number of imide groups is 2. The van der Waals surface area contributed by atoms with Crippen molar-refractivity contribution in [2.45, 2.75) is 67.5 Å². The topological polar surface area (TPSA) is 101 Å². The molecule has 68 heavy (non-hydrogen) atoms. The molecule has 0 aliphatic carbocycles. The third kappa shape index (κ3) is 6.40. The molecule has 2 aromatic heterocycles. The number of amides is 4. The van der Waals surface area contributed by atoms with Crippen molar-refractivity contribution in [2.75, 3.05) is 0 Å². The third-order valence-corrected chi connectivity index (χ3v) is 14.5. The lowest BCUT2D eigenvalue weighted by Gasteiger charge is -2.39. The van der Waals surface area contributed by atoms with Crippen molar-refractivity contribution >= 4 is 66.7 Å². The van der Waals surface area contributed by atoms with Crippen molar-refractivity contribution in [1.29, 1.82) is 0 Å². The van der Waals surface area contributed by atoms with Gasteiger partial charge in [0.2, 0.25) is 0 Å². The van der Waals surface area contributed by atoms with Crippen LogP contribution in [0.15, 0.2) is 134 Å². The van der Waals surface area contributed by atoms with E-state index in [2.05, 4.69) is 108 Å². The number of pyridine rings is 2. The molecule has 0 saturated carbocycles. The maximum atomic E-state index is 15.2. The number of carbonyl (C=O) groups excluding carboxylic acids is 4. The van der Waals surface area contributed by atoms with Crippen molar-refractivity contribution in [1.82, 2.24) is 19.8 Å². The highest BCUT2D eigenvalue weighted by atomic mass is 16.2. The van der Waals surface area contributed by atoms with Crippen LogP contribution in [0.2, 0.25) is 0 Å². The highest BCUT2D eigenvalue weighted by Crippen LogP contribution is 2.50. The van der Waals surface area contributed by atoms with Crippen molar-refractivity contribution in [3.05, 3.63) is 156 Å². The van der Waals surface area contributed by atoms with E-state index in [0.29, 0.717) is 33.0 Å². The number of fused-ring (bicyclic) bond motifs is 2. The number of carbonyl (C=O) groups is 4. The number of rotatable bonds is 10. The summed E-state index contributed by atoms with van der Waals surface area (Å²) in [6, 6.07) is 39.6. The summed E-state index contributed by atoms with van der Waals surface area (Å²) >= 11 is 0. The molecule has 0 spiro atoms. The number of aromatic nitrogens is 2. The van der Waals surface area contributed by atoms with Crippen molar-refractivity contribution in [2.24, 2.45) is 23.7 Å². The molecule has 0 atom stereocenters. The molecule has 0 saturated heterocycles. The highest BCUT2D eigenvalue weighted by Gasteiger charge is 2.43. The lowest BCUT2D eigenvalue weighted by molar-refractivity contribution is 0.0423. The predicted molar refractivity (Wildman–Crippen MR) is 273 cm³/mol. The van der Waals surface area contributed by atoms with Gasteiger partial charge in [0.15, 0.2) is 0 Å². The van der Waals surface area contributed by atoms with Crippen LogP contribution in [0.5, 0.6) is 0 Å². The van der Waals surface area contributed by atoms with E-state index in [-0.39, 0.29) is 59.4 Å². The molecule has 2 aliphatic rings. The Morgan fingerprint density at radius 3 is 1.21 bits per heavy atom.